The van der Waals surface area contributed by atoms with Crippen LogP contribution in [0.3, 0.4) is 0 Å². The second-order valence-corrected chi connectivity index (χ2v) is 4.61. The molecule has 2 heteroatoms. The molecule has 0 spiro atoms. The molecule has 0 bridgehead atoms. The highest BCUT2D eigenvalue weighted by molar-refractivity contribution is 4.89. The lowest BCUT2D eigenvalue weighted by atomic mass is 10.3. The summed E-state index contributed by atoms with van der Waals surface area (Å²) in [5.41, 5.74) is 5.81. The molecular formula is C10H20N2. The highest BCUT2D eigenvalue weighted by atomic mass is 15.2. The number of hydrogen-bond acceptors (Lipinski definition) is 2. The molecule has 2 N–H and O–H groups in total. The molecule has 0 aliphatic heterocycles. The Kier molecular flexibility index (Phi) is 2.37. The van der Waals surface area contributed by atoms with Gasteiger partial charge in [-0.05, 0) is 38.5 Å². The van der Waals surface area contributed by atoms with Gasteiger partial charge in [0.1, 0.15) is 0 Å². The van der Waals surface area contributed by atoms with Crippen LogP contribution in [0.4, 0.5) is 0 Å². The zero-order valence-electron chi connectivity index (χ0n) is 8.00. The fraction of sp³-hybridized carbons (Fsp3) is 1.00. The predicted octanol–water partition coefficient (Wildman–Crippen LogP) is 1.21. The monoisotopic (exact) mass is 168 g/mol. The zero-order chi connectivity index (χ0) is 8.55. The molecule has 0 heterocycles. The summed E-state index contributed by atoms with van der Waals surface area (Å²) in [5, 5.41) is 0. The fourth-order valence-electron chi connectivity index (χ4n) is 1.81. The van der Waals surface area contributed by atoms with E-state index in [1.54, 1.807) is 0 Å². The predicted molar refractivity (Wildman–Crippen MR) is 51.0 cm³/mol. The van der Waals surface area contributed by atoms with Gasteiger partial charge in [0.25, 0.3) is 0 Å². The molecule has 12 heavy (non-hydrogen) atoms. The van der Waals surface area contributed by atoms with Gasteiger partial charge in [0, 0.05) is 25.2 Å². The van der Waals surface area contributed by atoms with Crippen LogP contribution in [0.25, 0.3) is 0 Å². The summed E-state index contributed by atoms with van der Waals surface area (Å²) in [6.45, 7) is 4.55. The second-order valence-electron chi connectivity index (χ2n) is 4.61. The van der Waals surface area contributed by atoms with Gasteiger partial charge in [0.2, 0.25) is 0 Å². The standard InChI is InChI=1S/C10H20N2/c1-8(11)6-12(10-4-5-10)7-9-2-3-9/h8-10H,2-7,11H2,1H3/t8-/m1/s1. The van der Waals surface area contributed by atoms with Gasteiger partial charge >= 0.3 is 0 Å². The first-order valence-electron chi connectivity index (χ1n) is 5.25. The maximum absolute atomic E-state index is 5.81. The van der Waals surface area contributed by atoms with Crippen molar-refractivity contribution in [2.24, 2.45) is 11.7 Å². The van der Waals surface area contributed by atoms with Gasteiger partial charge in [-0.2, -0.15) is 0 Å². The van der Waals surface area contributed by atoms with Crippen LogP contribution in [0.1, 0.15) is 32.6 Å². The molecule has 0 unspecified atom stereocenters. The van der Waals surface area contributed by atoms with Crippen molar-refractivity contribution in [1.29, 1.82) is 0 Å². The van der Waals surface area contributed by atoms with Crippen LogP contribution in [-0.4, -0.2) is 30.1 Å². The number of nitrogens with zero attached hydrogens (tertiary/aromatic N) is 1. The average molecular weight is 168 g/mol. The van der Waals surface area contributed by atoms with E-state index >= 15 is 0 Å². The summed E-state index contributed by atoms with van der Waals surface area (Å²) in [4.78, 5) is 2.61. The Balaban J connectivity index is 1.75. The smallest absolute Gasteiger partial charge is 0.0139 e. The van der Waals surface area contributed by atoms with Gasteiger partial charge in [-0.1, -0.05) is 0 Å². The maximum atomic E-state index is 5.81. The third-order valence-corrected chi connectivity index (χ3v) is 2.78. The van der Waals surface area contributed by atoms with Crippen LogP contribution >= 0.6 is 0 Å². The first-order valence-corrected chi connectivity index (χ1v) is 5.25. The minimum Gasteiger partial charge on any atom is -0.327 e. The molecule has 2 nitrogen and oxygen atoms in total. The first-order chi connectivity index (χ1) is 5.75. The third-order valence-electron chi connectivity index (χ3n) is 2.78. The molecule has 0 amide bonds. The molecule has 0 radical (unpaired) electrons. The van der Waals surface area contributed by atoms with E-state index in [-0.39, 0.29) is 0 Å². The minimum atomic E-state index is 0.351. The number of rotatable bonds is 5. The van der Waals surface area contributed by atoms with E-state index in [1.165, 1.54) is 32.2 Å². The van der Waals surface area contributed by atoms with Crippen LogP contribution < -0.4 is 5.73 Å². The molecule has 70 valence electrons. The van der Waals surface area contributed by atoms with Crippen molar-refractivity contribution in [3.63, 3.8) is 0 Å². The first kappa shape index (κ1) is 8.52. The summed E-state index contributed by atoms with van der Waals surface area (Å²) < 4.78 is 0. The zero-order valence-corrected chi connectivity index (χ0v) is 8.00. The van der Waals surface area contributed by atoms with Crippen LogP contribution in [0.5, 0.6) is 0 Å². The van der Waals surface area contributed by atoms with Crippen molar-refractivity contribution < 1.29 is 0 Å². The maximum Gasteiger partial charge on any atom is 0.0139 e. The minimum absolute atomic E-state index is 0.351. The molecule has 0 saturated heterocycles. The molecule has 0 aromatic rings. The summed E-state index contributed by atoms with van der Waals surface area (Å²) in [6.07, 6.45) is 5.75. The fourth-order valence-corrected chi connectivity index (χ4v) is 1.81. The summed E-state index contributed by atoms with van der Waals surface area (Å²) in [5.74, 6) is 1.02. The van der Waals surface area contributed by atoms with Crippen LogP contribution in [0.15, 0.2) is 0 Å². The molecule has 0 aromatic heterocycles. The van der Waals surface area contributed by atoms with Gasteiger partial charge in [-0.25, -0.2) is 0 Å². The largest absolute Gasteiger partial charge is 0.327 e. The summed E-state index contributed by atoms with van der Waals surface area (Å²) in [6, 6.07) is 1.25. The SMILES string of the molecule is C[C@@H](N)CN(CC1CC1)C1CC1. The van der Waals surface area contributed by atoms with E-state index in [2.05, 4.69) is 11.8 Å². The van der Waals surface area contributed by atoms with Gasteiger partial charge in [0.05, 0.1) is 0 Å². The van der Waals surface area contributed by atoms with E-state index in [4.69, 9.17) is 5.73 Å². The Morgan fingerprint density at radius 2 is 2.00 bits per heavy atom. The van der Waals surface area contributed by atoms with Crippen LogP contribution in [-0.2, 0) is 0 Å². The molecule has 2 rings (SSSR count). The van der Waals surface area contributed by atoms with E-state index in [1.807, 2.05) is 0 Å². The Morgan fingerprint density at radius 1 is 1.33 bits per heavy atom. The molecule has 2 aliphatic carbocycles. The topological polar surface area (TPSA) is 29.3 Å². The lowest BCUT2D eigenvalue weighted by Gasteiger charge is -2.23. The van der Waals surface area contributed by atoms with Crippen molar-refractivity contribution >= 4 is 0 Å². The van der Waals surface area contributed by atoms with Crippen LogP contribution in [0.2, 0.25) is 0 Å². The van der Waals surface area contributed by atoms with Gasteiger partial charge in [-0.3, -0.25) is 4.90 Å². The lowest BCUT2D eigenvalue weighted by Crippen LogP contribution is -2.38. The Morgan fingerprint density at radius 3 is 2.42 bits per heavy atom. The van der Waals surface area contributed by atoms with Crippen LogP contribution in [0, 0.1) is 5.92 Å². The molecule has 2 saturated carbocycles. The van der Waals surface area contributed by atoms with E-state index in [0.29, 0.717) is 6.04 Å². The van der Waals surface area contributed by atoms with Crippen molar-refractivity contribution in [3.05, 3.63) is 0 Å². The third kappa shape index (κ3) is 2.46. The van der Waals surface area contributed by atoms with Gasteiger partial charge in [0.15, 0.2) is 0 Å². The van der Waals surface area contributed by atoms with E-state index in [0.717, 1.165) is 18.5 Å². The highest BCUT2D eigenvalue weighted by Gasteiger charge is 2.33. The normalized spacial score (nSPS) is 26.2. The summed E-state index contributed by atoms with van der Waals surface area (Å²) in [7, 11) is 0. The lowest BCUT2D eigenvalue weighted by molar-refractivity contribution is 0.241. The van der Waals surface area contributed by atoms with Crippen molar-refractivity contribution in [2.75, 3.05) is 13.1 Å². The molecule has 1 atom stereocenters. The Hall–Kier alpha value is -0.0800. The van der Waals surface area contributed by atoms with Crippen molar-refractivity contribution in [3.8, 4) is 0 Å². The average Bonchev–Trinajstić information content (AvgIpc) is 2.82. The Bertz CT molecular complexity index is 144. The molecular weight excluding hydrogens is 148 g/mol. The van der Waals surface area contributed by atoms with Crippen molar-refractivity contribution in [2.45, 2.75) is 44.7 Å². The molecule has 2 fully saturated rings. The van der Waals surface area contributed by atoms with E-state index in [9.17, 15) is 0 Å². The number of hydrogen-bond donors (Lipinski definition) is 1. The Labute approximate surface area is 75.1 Å². The number of nitrogens with two attached hydrogens (primary N) is 1. The van der Waals surface area contributed by atoms with Gasteiger partial charge in [-0.15, -0.1) is 0 Å². The van der Waals surface area contributed by atoms with Crippen molar-refractivity contribution in [1.82, 2.24) is 4.90 Å². The highest BCUT2D eigenvalue weighted by Crippen LogP contribution is 2.34. The van der Waals surface area contributed by atoms with Gasteiger partial charge < -0.3 is 5.73 Å². The van der Waals surface area contributed by atoms with E-state index < -0.39 is 0 Å². The molecule has 2 aliphatic rings. The second kappa shape index (κ2) is 3.35. The summed E-state index contributed by atoms with van der Waals surface area (Å²) >= 11 is 0. The molecule has 0 aromatic carbocycles. The quantitative estimate of drug-likeness (QED) is 0.668.